The molecule has 1 aromatic carbocycles. The summed E-state index contributed by atoms with van der Waals surface area (Å²) in [5.74, 6) is -0.695. The molecule has 0 saturated carbocycles. The number of carboxylic acids is 1. The van der Waals surface area contributed by atoms with Crippen molar-refractivity contribution in [1.29, 1.82) is 0 Å². The first kappa shape index (κ1) is 16.0. The Bertz CT molecular complexity index is 471. The lowest BCUT2D eigenvalue weighted by Crippen LogP contribution is -2.18. The van der Waals surface area contributed by atoms with Crippen LogP contribution in [0.25, 0.3) is 0 Å². The van der Waals surface area contributed by atoms with E-state index in [0.717, 1.165) is 0 Å². The molecule has 1 atom stereocenters. The average Bonchev–Trinajstić information content (AvgIpc) is 2.29. The quantitative estimate of drug-likeness (QED) is 0.804. The molecule has 110 valence electrons. The number of nitrogens with one attached hydrogen (secondary N) is 1. The number of rotatable bonds is 7. The summed E-state index contributed by atoms with van der Waals surface area (Å²) < 4.78 is 5.61. The van der Waals surface area contributed by atoms with E-state index in [-0.39, 0.29) is 30.8 Å². The minimum Gasteiger partial charge on any atom is -0.489 e. The molecule has 5 nitrogen and oxygen atoms in total. The maximum atomic E-state index is 11.9. The molecule has 0 fully saturated rings. The van der Waals surface area contributed by atoms with E-state index in [9.17, 15) is 9.59 Å². The van der Waals surface area contributed by atoms with Gasteiger partial charge in [0.1, 0.15) is 5.75 Å². The second-order valence-corrected chi connectivity index (χ2v) is 5.12. The molecule has 2 N–H and O–H groups in total. The van der Waals surface area contributed by atoms with Gasteiger partial charge in [-0.05, 0) is 31.9 Å². The summed E-state index contributed by atoms with van der Waals surface area (Å²) in [5.41, 5.74) is 0.605. The van der Waals surface area contributed by atoms with Gasteiger partial charge in [-0.1, -0.05) is 19.1 Å². The largest absolute Gasteiger partial charge is 0.489 e. The van der Waals surface area contributed by atoms with Crippen LogP contribution in [0, 0.1) is 5.92 Å². The predicted molar refractivity (Wildman–Crippen MR) is 76.9 cm³/mol. The summed E-state index contributed by atoms with van der Waals surface area (Å²) in [4.78, 5) is 22.5. The van der Waals surface area contributed by atoms with E-state index >= 15 is 0 Å². The summed E-state index contributed by atoms with van der Waals surface area (Å²) in [5, 5.41) is 11.4. The number of hydrogen-bond acceptors (Lipinski definition) is 3. The normalized spacial score (nSPS) is 12.0. The zero-order valence-corrected chi connectivity index (χ0v) is 12.1. The van der Waals surface area contributed by atoms with Crippen molar-refractivity contribution < 1.29 is 19.4 Å². The predicted octanol–water partition coefficient (Wildman–Crippen LogP) is 2.91. The number of amides is 1. The summed E-state index contributed by atoms with van der Waals surface area (Å²) in [6.07, 6.45) is 0.166. The topological polar surface area (TPSA) is 75.6 Å². The molecule has 5 heteroatoms. The summed E-state index contributed by atoms with van der Waals surface area (Å²) in [7, 11) is 0. The zero-order valence-electron chi connectivity index (χ0n) is 12.1. The van der Waals surface area contributed by atoms with Crippen LogP contribution in [0.15, 0.2) is 24.3 Å². The third kappa shape index (κ3) is 5.73. The second-order valence-electron chi connectivity index (χ2n) is 5.12. The van der Waals surface area contributed by atoms with Crippen molar-refractivity contribution in [2.75, 3.05) is 5.32 Å². The molecule has 1 amide bonds. The van der Waals surface area contributed by atoms with Crippen LogP contribution in [-0.4, -0.2) is 23.1 Å². The molecule has 20 heavy (non-hydrogen) atoms. The lowest BCUT2D eigenvalue weighted by Gasteiger charge is -2.15. The third-order valence-corrected chi connectivity index (χ3v) is 2.58. The molecule has 0 saturated heterocycles. The fourth-order valence-corrected chi connectivity index (χ4v) is 1.81. The smallest absolute Gasteiger partial charge is 0.303 e. The Morgan fingerprint density at radius 1 is 1.20 bits per heavy atom. The number of carbonyl (C=O) groups excluding carboxylic acids is 1. The van der Waals surface area contributed by atoms with Crippen molar-refractivity contribution in [1.82, 2.24) is 0 Å². The van der Waals surface area contributed by atoms with Gasteiger partial charge in [0.15, 0.2) is 0 Å². The van der Waals surface area contributed by atoms with Crippen LogP contribution in [0.5, 0.6) is 5.75 Å². The number of hydrogen-bond donors (Lipinski definition) is 2. The first-order valence-electron chi connectivity index (χ1n) is 6.65. The second kappa shape index (κ2) is 7.53. The van der Waals surface area contributed by atoms with Crippen LogP contribution in [0.1, 0.15) is 33.6 Å². The number of para-hydroxylation sites is 2. The Morgan fingerprint density at radius 3 is 2.45 bits per heavy atom. The van der Waals surface area contributed by atoms with Crippen molar-refractivity contribution in [3.05, 3.63) is 24.3 Å². The van der Waals surface area contributed by atoms with Crippen LogP contribution >= 0.6 is 0 Å². The van der Waals surface area contributed by atoms with Crippen molar-refractivity contribution in [3.8, 4) is 5.75 Å². The molecule has 0 radical (unpaired) electrons. The van der Waals surface area contributed by atoms with Gasteiger partial charge in [0.05, 0.1) is 11.8 Å². The Hall–Kier alpha value is -2.04. The van der Waals surface area contributed by atoms with E-state index in [1.54, 1.807) is 19.1 Å². The first-order chi connectivity index (χ1) is 9.38. The van der Waals surface area contributed by atoms with Crippen LogP contribution in [0.3, 0.4) is 0 Å². The Labute approximate surface area is 118 Å². The van der Waals surface area contributed by atoms with Gasteiger partial charge in [0.2, 0.25) is 5.91 Å². The highest BCUT2D eigenvalue weighted by molar-refractivity contribution is 5.92. The van der Waals surface area contributed by atoms with Crippen LogP contribution in [0.4, 0.5) is 5.69 Å². The van der Waals surface area contributed by atoms with Crippen molar-refractivity contribution in [3.63, 3.8) is 0 Å². The van der Waals surface area contributed by atoms with Crippen molar-refractivity contribution >= 4 is 17.6 Å². The lowest BCUT2D eigenvalue weighted by molar-refractivity contribution is -0.138. The van der Waals surface area contributed by atoms with Gasteiger partial charge in [0, 0.05) is 12.8 Å². The maximum absolute atomic E-state index is 11.9. The minimum atomic E-state index is -0.895. The first-order valence-corrected chi connectivity index (χ1v) is 6.65. The van der Waals surface area contributed by atoms with Gasteiger partial charge in [-0.25, -0.2) is 0 Å². The van der Waals surface area contributed by atoms with Gasteiger partial charge in [0.25, 0.3) is 0 Å². The SMILES string of the molecule is CC(CC(=O)O)CC(=O)Nc1ccccc1OC(C)C. The molecule has 1 rings (SSSR count). The number of benzene rings is 1. The molecule has 1 unspecified atom stereocenters. The van der Waals surface area contributed by atoms with Gasteiger partial charge in [-0.3, -0.25) is 9.59 Å². The van der Waals surface area contributed by atoms with E-state index in [4.69, 9.17) is 9.84 Å². The molecule has 0 heterocycles. The van der Waals surface area contributed by atoms with Crippen LogP contribution < -0.4 is 10.1 Å². The molecule has 0 aliphatic carbocycles. The van der Waals surface area contributed by atoms with Gasteiger partial charge >= 0.3 is 5.97 Å². The van der Waals surface area contributed by atoms with Gasteiger partial charge in [-0.15, -0.1) is 0 Å². The molecular formula is C15H21NO4. The van der Waals surface area contributed by atoms with Crippen molar-refractivity contribution in [2.24, 2.45) is 5.92 Å². The number of ether oxygens (including phenoxy) is 1. The highest BCUT2D eigenvalue weighted by Crippen LogP contribution is 2.25. The van der Waals surface area contributed by atoms with Crippen LogP contribution in [0.2, 0.25) is 0 Å². The fraction of sp³-hybridized carbons (Fsp3) is 0.467. The molecule has 0 spiro atoms. The van der Waals surface area contributed by atoms with E-state index in [1.807, 2.05) is 26.0 Å². The molecule has 1 aromatic rings. The summed E-state index contributed by atoms with van der Waals surface area (Å²) >= 11 is 0. The number of aliphatic carboxylic acids is 1. The van der Waals surface area contributed by atoms with Crippen LogP contribution in [-0.2, 0) is 9.59 Å². The molecule has 0 aliphatic rings. The monoisotopic (exact) mass is 279 g/mol. The zero-order chi connectivity index (χ0) is 15.1. The van der Waals surface area contributed by atoms with E-state index in [2.05, 4.69) is 5.32 Å². The molecule has 0 bridgehead atoms. The number of anilines is 1. The number of carboxylic acid groups (broad SMARTS) is 1. The molecule has 0 aromatic heterocycles. The maximum Gasteiger partial charge on any atom is 0.303 e. The Kier molecular flexibility index (Phi) is 6.03. The van der Waals surface area contributed by atoms with Gasteiger partial charge < -0.3 is 15.2 Å². The Balaban J connectivity index is 2.63. The third-order valence-electron chi connectivity index (χ3n) is 2.58. The highest BCUT2D eigenvalue weighted by atomic mass is 16.5. The highest BCUT2D eigenvalue weighted by Gasteiger charge is 2.14. The number of carbonyl (C=O) groups is 2. The summed E-state index contributed by atoms with van der Waals surface area (Å²) in [6, 6.07) is 7.19. The minimum absolute atomic E-state index is 0.0130. The molecular weight excluding hydrogens is 258 g/mol. The van der Waals surface area contributed by atoms with E-state index in [1.165, 1.54) is 0 Å². The lowest BCUT2D eigenvalue weighted by atomic mass is 10.0. The average molecular weight is 279 g/mol. The molecule has 0 aliphatic heterocycles. The summed E-state index contributed by atoms with van der Waals surface area (Å²) in [6.45, 7) is 5.56. The van der Waals surface area contributed by atoms with E-state index < -0.39 is 5.97 Å². The standard InChI is InChI=1S/C15H21NO4/c1-10(2)20-13-7-5-4-6-12(13)16-14(17)8-11(3)9-15(18)19/h4-7,10-11H,8-9H2,1-3H3,(H,16,17)(H,18,19). The Morgan fingerprint density at radius 2 is 1.85 bits per heavy atom. The fourth-order valence-electron chi connectivity index (χ4n) is 1.81. The van der Waals surface area contributed by atoms with Gasteiger partial charge in [-0.2, -0.15) is 0 Å². The van der Waals surface area contributed by atoms with Crippen molar-refractivity contribution in [2.45, 2.75) is 39.7 Å². The van der Waals surface area contributed by atoms with E-state index in [0.29, 0.717) is 11.4 Å².